The van der Waals surface area contributed by atoms with Crippen molar-refractivity contribution in [2.45, 2.75) is 20.5 Å². The van der Waals surface area contributed by atoms with Crippen LogP contribution in [-0.4, -0.2) is 68.4 Å². The average molecular weight is 475 g/mol. The number of esters is 1. The number of hydrogen-bond acceptors (Lipinski definition) is 7. The number of ketones is 1. The van der Waals surface area contributed by atoms with E-state index in [0.29, 0.717) is 19.2 Å². The zero-order valence-corrected chi connectivity index (χ0v) is 17.5. The maximum atomic E-state index is 14.1. The fraction of sp³-hybridized carbons (Fsp3) is 0.476. The van der Waals surface area contributed by atoms with Crippen LogP contribution < -0.4 is 16.8 Å². The van der Waals surface area contributed by atoms with Crippen LogP contribution in [0, 0.1) is 5.82 Å². The molecule has 0 spiro atoms. The Hall–Kier alpha value is -2.99. The van der Waals surface area contributed by atoms with Crippen molar-refractivity contribution in [3.63, 3.8) is 0 Å². The quantitative estimate of drug-likeness (QED) is 0.131. The number of benzene rings is 1. The Morgan fingerprint density at radius 1 is 1.21 bits per heavy atom. The number of nitrogens with two attached hydrogens (primary N) is 2. The number of aliphatic imine (C=N–C) groups is 1. The van der Waals surface area contributed by atoms with Crippen LogP contribution in [0.1, 0.15) is 30.3 Å². The van der Waals surface area contributed by atoms with Crippen molar-refractivity contribution in [3.8, 4) is 0 Å². The molecule has 184 valence electrons. The Morgan fingerprint density at radius 3 is 2.42 bits per heavy atom. The summed E-state index contributed by atoms with van der Waals surface area (Å²) in [5.41, 5.74) is 8.83. The number of amidine groups is 1. The van der Waals surface area contributed by atoms with E-state index in [-0.39, 0.29) is 24.5 Å². The highest BCUT2D eigenvalue weighted by atomic mass is 19.4. The summed E-state index contributed by atoms with van der Waals surface area (Å²) in [6.45, 7) is 4.71. The molecule has 0 bridgehead atoms. The molecule has 0 saturated carbocycles. The first-order valence-corrected chi connectivity index (χ1v) is 9.78. The number of piperazine rings is 1. The van der Waals surface area contributed by atoms with E-state index in [1.54, 1.807) is 0 Å². The predicted molar refractivity (Wildman–Crippen MR) is 116 cm³/mol. The second kappa shape index (κ2) is 12.3. The molecule has 1 fully saturated rings. The number of carbonyl (C=O) groups is 2. The maximum absolute atomic E-state index is 14.1. The van der Waals surface area contributed by atoms with Gasteiger partial charge in [0.25, 0.3) is 0 Å². The average Bonchev–Trinajstić information content (AvgIpc) is 2.72. The van der Waals surface area contributed by atoms with Crippen molar-refractivity contribution in [2.75, 3.05) is 45.9 Å². The molecule has 1 heterocycles. The van der Waals surface area contributed by atoms with E-state index >= 15 is 0 Å². The van der Waals surface area contributed by atoms with E-state index in [0.717, 1.165) is 38.3 Å². The van der Waals surface area contributed by atoms with E-state index in [1.807, 2.05) is 0 Å². The minimum atomic E-state index is -4.97. The SMILES string of the molecule is C.CC(N)=C(C(=O)OCC(=O)c1cccc(C(F)(F)F)c1F)C(N)=NCCN1CCNCC1. The van der Waals surface area contributed by atoms with Crippen LogP contribution in [-0.2, 0) is 15.7 Å². The zero-order chi connectivity index (χ0) is 23.9. The lowest BCUT2D eigenvalue weighted by atomic mass is 10.1. The summed E-state index contributed by atoms with van der Waals surface area (Å²) in [4.78, 5) is 30.8. The van der Waals surface area contributed by atoms with Crippen LogP contribution in [0.2, 0.25) is 0 Å². The monoisotopic (exact) mass is 475 g/mol. The Morgan fingerprint density at radius 2 is 1.85 bits per heavy atom. The minimum Gasteiger partial charge on any atom is -0.454 e. The molecular formula is C21H29F4N5O3. The van der Waals surface area contributed by atoms with Crippen molar-refractivity contribution in [1.82, 2.24) is 10.2 Å². The van der Waals surface area contributed by atoms with Gasteiger partial charge in [0.05, 0.1) is 17.7 Å². The Balaban J connectivity index is 0.00000544. The van der Waals surface area contributed by atoms with Gasteiger partial charge in [-0.1, -0.05) is 13.5 Å². The number of hydrogen-bond donors (Lipinski definition) is 3. The summed E-state index contributed by atoms with van der Waals surface area (Å²) in [5, 5.41) is 3.22. The molecule has 0 aliphatic carbocycles. The molecule has 0 atom stereocenters. The molecule has 33 heavy (non-hydrogen) atoms. The Bertz CT molecular complexity index is 906. The zero-order valence-electron chi connectivity index (χ0n) is 17.5. The van der Waals surface area contributed by atoms with Crippen LogP contribution in [0.5, 0.6) is 0 Å². The number of alkyl halides is 3. The van der Waals surface area contributed by atoms with E-state index in [9.17, 15) is 27.2 Å². The lowest BCUT2D eigenvalue weighted by molar-refractivity contribution is -0.140. The van der Waals surface area contributed by atoms with Crippen LogP contribution in [0.15, 0.2) is 34.5 Å². The molecule has 1 saturated heterocycles. The van der Waals surface area contributed by atoms with Crippen LogP contribution >= 0.6 is 0 Å². The van der Waals surface area contributed by atoms with Crippen molar-refractivity contribution < 1.29 is 31.9 Å². The smallest absolute Gasteiger partial charge is 0.419 e. The van der Waals surface area contributed by atoms with Gasteiger partial charge in [-0.2, -0.15) is 13.2 Å². The molecular weight excluding hydrogens is 446 g/mol. The second-order valence-electron chi connectivity index (χ2n) is 7.08. The topological polar surface area (TPSA) is 123 Å². The Kier molecular flexibility index (Phi) is 10.5. The molecule has 1 aliphatic heterocycles. The molecule has 1 aromatic carbocycles. The summed E-state index contributed by atoms with van der Waals surface area (Å²) >= 11 is 0. The van der Waals surface area contributed by atoms with Gasteiger partial charge >= 0.3 is 12.1 Å². The summed E-state index contributed by atoms with van der Waals surface area (Å²) in [5.74, 6) is -4.16. The first-order chi connectivity index (χ1) is 15.0. The van der Waals surface area contributed by atoms with E-state index < -0.39 is 41.5 Å². The van der Waals surface area contributed by atoms with Crippen LogP contribution in [0.3, 0.4) is 0 Å². The van der Waals surface area contributed by atoms with Gasteiger partial charge < -0.3 is 21.5 Å². The van der Waals surface area contributed by atoms with Gasteiger partial charge in [-0.15, -0.1) is 0 Å². The summed E-state index contributed by atoms with van der Waals surface area (Å²) in [6, 6.07) is 2.27. The number of ether oxygens (including phenoxy) is 1. The van der Waals surface area contributed by atoms with E-state index in [1.165, 1.54) is 6.92 Å². The second-order valence-corrected chi connectivity index (χ2v) is 7.08. The fourth-order valence-electron chi connectivity index (χ4n) is 3.04. The number of allylic oxidation sites excluding steroid dienone is 1. The normalized spacial score (nSPS) is 16.0. The molecule has 0 radical (unpaired) electrons. The van der Waals surface area contributed by atoms with Gasteiger partial charge in [0.2, 0.25) is 5.78 Å². The highest BCUT2D eigenvalue weighted by Crippen LogP contribution is 2.32. The fourth-order valence-corrected chi connectivity index (χ4v) is 3.04. The summed E-state index contributed by atoms with van der Waals surface area (Å²) in [7, 11) is 0. The maximum Gasteiger partial charge on any atom is 0.419 e. The third-order valence-corrected chi connectivity index (χ3v) is 4.70. The van der Waals surface area contributed by atoms with Gasteiger partial charge in [0, 0.05) is 38.4 Å². The molecule has 0 aromatic heterocycles. The number of Topliss-reactive ketones (excluding diaryl/α,β-unsaturated/α-hetero) is 1. The van der Waals surface area contributed by atoms with Gasteiger partial charge in [0.1, 0.15) is 17.2 Å². The van der Waals surface area contributed by atoms with Crippen molar-refractivity contribution in [1.29, 1.82) is 0 Å². The third kappa shape index (κ3) is 7.82. The van der Waals surface area contributed by atoms with E-state index in [4.69, 9.17) is 16.2 Å². The molecule has 0 amide bonds. The third-order valence-electron chi connectivity index (χ3n) is 4.70. The Labute approximate surface area is 189 Å². The highest BCUT2D eigenvalue weighted by Gasteiger charge is 2.35. The van der Waals surface area contributed by atoms with Gasteiger partial charge in [-0.3, -0.25) is 14.7 Å². The number of halogens is 4. The van der Waals surface area contributed by atoms with Crippen molar-refractivity contribution in [2.24, 2.45) is 16.5 Å². The van der Waals surface area contributed by atoms with Gasteiger partial charge in [-0.25, -0.2) is 9.18 Å². The molecule has 2 rings (SSSR count). The molecule has 0 unspecified atom stereocenters. The van der Waals surface area contributed by atoms with Crippen LogP contribution in [0.25, 0.3) is 0 Å². The summed E-state index contributed by atoms with van der Waals surface area (Å²) in [6.07, 6.45) is -4.97. The first kappa shape index (κ1) is 28.0. The number of rotatable bonds is 8. The number of nitrogens with one attached hydrogen (secondary N) is 1. The van der Waals surface area contributed by atoms with Crippen molar-refractivity contribution in [3.05, 3.63) is 46.4 Å². The van der Waals surface area contributed by atoms with Crippen LogP contribution in [0.4, 0.5) is 17.6 Å². The minimum absolute atomic E-state index is 0. The van der Waals surface area contributed by atoms with E-state index in [2.05, 4.69) is 15.2 Å². The summed E-state index contributed by atoms with van der Waals surface area (Å²) < 4.78 is 57.4. The molecule has 5 N–H and O–H groups in total. The standard InChI is InChI=1S/C20H25F4N5O3.CH4/c1-12(25)16(18(26)28-7-10-29-8-5-27-6-9-29)19(31)32-11-15(30)13-3-2-4-14(17(13)21)20(22,23)24;/h2-4,27H,5-11,25H2,1H3,(H2,26,28);1H4. The lowest BCUT2D eigenvalue weighted by Crippen LogP contribution is -2.44. The predicted octanol–water partition coefficient (Wildman–Crippen LogP) is 1.70. The van der Waals surface area contributed by atoms with Gasteiger partial charge in [-0.05, 0) is 19.1 Å². The molecule has 1 aromatic rings. The lowest BCUT2D eigenvalue weighted by Gasteiger charge is -2.26. The van der Waals surface area contributed by atoms with Crippen molar-refractivity contribution >= 4 is 17.6 Å². The molecule has 12 heteroatoms. The molecule has 1 aliphatic rings. The largest absolute Gasteiger partial charge is 0.454 e. The molecule has 8 nitrogen and oxygen atoms in total. The number of carbonyl (C=O) groups excluding carboxylic acids is 2. The highest BCUT2D eigenvalue weighted by molar-refractivity contribution is 6.19. The first-order valence-electron chi connectivity index (χ1n) is 9.78. The van der Waals surface area contributed by atoms with Gasteiger partial charge in [0.15, 0.2) is 6.61 Å². The number of nitrogens with zero attached hydrogens (tertiary/aromatic N) is 2.